The van der Waals surface area contributed by atoms with Gasteiger partial charge in [-0.15, -0.1) is 0 Å². The van der Waals surface area contributed by atoms with Crippen molar-refractivity contribution in [2.24, 2.45) is 0 Å². The zero-order valence-electron chi connectivity index (χ0n) is 6.32. The topological polar surface area (TPSA) is 63.3 Å². The van der Waals surface area contributed by atoms with Crippen LogP contribution in [0.3, 0.4) is 0 Å². The minimum absolute atomic E-state index is 0.0799. The Morgan fingerprint density at radius 1 is 1.54 bits per heavy atom. The van der Waals surface area contributed by atoms with Gasteiger partial charge in [0.1, 0.15) is 0 Å². The maximum atomic E-state index is 10.6. The molecule has 0 aromatic carbocycles. The Morgan fingerprint density at radius 3 is 2.92 bits per heavy atom. The number of rotatable bonds is 1. The molecule has 13 heavy (non-hydrogen) atoms. The van der Waals surface area contributed by atoms with E-state index in [1.807, 2.05) is 0 Å². The molecule has 0 unspecified atom stereocenters. The Morgan fingerprint density at radius 2 is 2.31 bits per heavy atom. The van der Waals surface area contributed by atoms with E-state index >= 15 is 0 Å². The normalized spacial score (nSPS) is 10.5. The van der Waals surface area contributed by atoms with Crippen molar-refractivity contribution in [3.8, 4) is 0 Å². The monoisotopic (exact) mass is 241 g/mol. The van der Waals surface area contributed by atoms with E-state index in [0.717, 1.165) is 0 Å². The number of nitrogens with zero attached hydrogens (tertiary/aromatic N) is 1. The summed E-state index contributed by atoms with van der Waals surface area (Å²) in [5.74, 6) is -1.16. The predicted octanol–water partition coefficient (Wildman–Crippen LogP) is 2.29. The van der Waals surface area contributed by atoms with Crippen LogP contribution < -0.4 is 0 Å². The molecule has 0 radical (unpaired) electrons. The average molecular weight is 242 g/mol. The fourth-order valence-corrected chi connectivity index (χ4v) is 1.46. The zero-order chi connectivity index (χ0) is 9.42. The lowest BCUT2D eigenvalue weighted by atomic mass is 10.3. The molecule has 0 aliphatic heterocycles. The maximum Gasteiger partial charge on any atom is 0.371 e. The van der Waals surface area contributed by atoms with Crippen LogP contribution in [0.4, 0.5) is 0 Å². The molecule has 2 heterocycles. The number of carbonyl (C=O) groups is 1. The van der Waals surface area contributed by atoms with Crippen LogP contribution in [0.5, 0.6) is 0 Å². The smallest absolute Gasteiger partial charge is 0.371 e. The van der Waals surface area contributed by atoms with E-state index < -0.39 is 5.97 Å². The first kappa shape index (κ1) is 8.25. The molecule has 0 aliphatic rings. The highest BCUT2D eigenvalue weighted by Gasteiger charge is 2.11. The maximum absolute atomic E-state index is 10.6. The Bertz CT molecular complexity index is 477. The number of hydrogen-bond donors (Lipinski definition) is 1. The molecule has 0 saturated heterocycles. The molecule has 2 rings (SSSR count). The fraction of sp³-hybridized carbons (Fsp3) is 0. The van der Waals surface area contributed by atoms with Gasteiger partial charge in [-0.25, -0.2) is 4.79 Å². The summed E-state index contributed by atoms with van der Waals surface area (Å²) in [6.07, 6.45) is 3.10. The third-order valence-corrected chi connectivity index (χ3v) is 2.15. The third kappa shape index (κ3) is 1.31. The molecular weight excluding hydrogens is 238 g/mol. The van der Waals surface area contributed by atoms with Crippen molar-refractivity contribution in [1.82, 2.24) is 4.98 Å². The van der Waals surface area contributed by atoms with Gasteiger partial charge in [-0.3, -0.25) is 4.98 Å². The molecular formula is C8H4BrNO3. The largest absolute Gasteiger partial charge is 0.475 e. The van der Waals surface area contributed by atoms with E-state index in [9.17, 15) is 4.79 Å². The van der Waals surface area contributed by atoms with Crippen molar-refractivity contribution in [3.63, 3.8) is 0 Å². The van der Waals surface area contributed by atoms with Gasteiger partial charge in [0.2, 0.25) is 5.76 Å². The van der Waals surface area contributed by atoms with Crippen LogP contribution in [-0.4, -0.2) is 16.1 Å². The van der Waals surface area contributed by atoms with E-state index in [0.29, 0.717) is 15.4 Å². The molecule has 0 spiro atoms. The molecule has 5 heteroatoms. The number of fused-ring (bicyclic) bond motifs is 1. The van der Waals surface area contributed by atoms with Crippen LogP contribution >= 0.6 is 15.9 Å². The van der Waals surface area contributed by atoms with Crippen LogP contribution in [0.1, 0.15) is 10.6 Å². The van der Waals surface area contributed by atoms with Crippen molar-refractivity contribution in [1.29, 1.82) is 0 Å². The number of hydrogen-bond acceptors (Lipinski definition) is 3. The predicted molar refractivity (Wildman–Crippen MR) is 48.7 cm³/mol. The second kappa shape index (κ2) is 2.85. The van der Waals surface area contributed by atoms with Crippen LogP contribution in [0, 0.1) is 0 Å². The van der Waals surface area contributed by atoms with Gasteiger partial charge in [0.15, 0.2) is 5.58 Å². The fourth-order valence-electron chi connectivity index (χ4n) is 1.03. The quantitative estimate of drug-likeness (QED) is 0.833. The number of halogens is 1. The molecule has 0 amide bonds. The number of carboxylic acids is 1. The number of furan rings is 1. The SMILES string of the molecule is O=C(O)c1cc2cncc(Br)c2o1. The second-order valence-corrected chi connectivity index (χ2v) is 3.31. The van der Waals surface area contributed by atoms with Gasteiger partial charge in [0.25, 0.3) is 0 Å². The van der Waals surface area contributed by atoms with Gasteiger partial charge in [-0.1, -0.05) is 0 Å². The number of aromatic nitrogens is 1. The zero-order valence-corrected chi connectivity index (χ0v) is 7.91. The Labute approximate surface area is 81.3 Å². The van der Waals surface area contributed by atoms with E-state index in [1.165, 1.54) is 6.07 Å². The lowest BCUT2D eigenvalue weighted by Gasteiger charge is -1.88. The van der Waals surface area contributed by atoms with Gasteiger partial charge in [0, 0.05) is 23.8 Å². The molecule has 1 N–H and O–H groups in total. The van der Waals surface area contributed by atoms with E-state index in [1.54, 1.807) is 12.4 Å². The van der Waals surface area contributed by atoms with Crippen LogP contribution in [0.25, 0.3) is 11.0 Å². The van der Waals surface area contributed by atoms with Gasteiger partial charge in [-0.05, 0) is 15.9 Å². The molecule has 0 fully saturated rings. The van der Waals surface area contributed by atoms with Crippen molar-refractivity contribution >= 4 is 32.9 Å². The molecule has 0 saturated carbocycles. The van der Waals surface area contributed by atoms with Gasteiger partial charge in [-0.2, -0.15) is 0 Å². The van der Waals surface area contributed by atoms with Crippen molar-refractivity contribution in [3.05, 3.63) is 28.7 Å². The van der Waals surface area contributed by atoms with Crippen molar-refractivity contribution < 1.29 is 14.3 Å². The summed E-state index contributed by atoms with van der Waals surface area (Å²) in [6, 6.07) is 1.44. The summed E-state index contributed by atoms with van der Waals surface area (Å²) < 4.78 is 5.72. The Hall–Kier alpha value is -1.36. The minimum atomic E-state index is -1.08. The molecule has 2 aromatic rings. The van der Waals surface area contributed by atoms with Crippen molar-refractivity contribution in [2.75, 3.05) is 0 Å². The van der Waals surface area contributed by atoms with E-state index in [-0.39, 0.29) is 5.76 Å². The Balaban J connectivity index is 2.75. The first-order valence-corrected chi connectivity index (χ1v) is 4.24. The standard InChI is InChI=1S/C8H4BrNO3/c9-5-3-10-2-4-1-6(8(11)12)13-7(4)5/h1-3H,(H,11,12). The highest BCUT2D eigenvalue weighted by atomic mass is 79.9. The third-order valence-electron chi connectivity index (χ3n) is 1.59. The average Bonchev–Trinajstić information content (AvgIpc) is 2.49. The summed E-state index contributed by atoms with van der Waals surface area (Å²) in [5, 5.41) is 9.32. The highest BCUT2D eigenvalue weighted by molar-refractivity contribution is 9.10. The molecule has 0 atom stereocenters. The summed E-state index contributed by atoms with van der Waals surface area (Å²) in [6.45, 7) is 0. The molecule has 2 aromatic heterocycles. The highest BCUT2D eigenvalue weighted by Crippen LogP contribution is 2.25. The van der Waals surface area contributed by atoms with E-state index in [4.69, 9.17) is 9.52 Å². The first-order valence-electron chi connectivity index (χ1n) is 3.45. The summed E-state index contributed by atoms with van der Waals surface area (Å²) in [4.78, 5) is 14.4. The first-order chi connectivity index (χ1) is 6.18. The molecule has 0 bridgehead atoms. The van der Waals surface area contributed by atoms with Crippen LogP contribution in [0.15, 0.2) is 27.3 Å². The number of aromatic carboxylic acids is 1. The molecule has 66 valence electrons. The van der Waals surface area contributed by atoms with E-state index in [2.05, 4.69) is 20.9 Å². The summed E-state index contributed by atoms with van der Waals surface area (Å²) in [5.41, 5.74) is 0.507. The van der Waals surface area contributed by atoms with Crippen LogP contribution in [0.2, 0.25) is 0 Å². The minimum Gasteiger partial charge on any atom is -0.475 e. The molecule has 4 nitrogen and oxygen atoms in total. The van der Waals surface area contributed by atoms with Gasteiger partial charge < -0.3 is 9.52 Å². The number of carboxylic acid groups (broad SMARTS) is 1. The molecule has 0 aliphatic carbocycles. The lowest BCUT2D eigenvalue weighted by Crippen LogP contribution is -1.91. The van der Waals surface area contributed by atoms with Crippen molar-refractivity contribution in [2.45, 2.75) is 0 Å². The second-order valence-electron chi connectivity index (χ2n) is 2.46. The van der Waals surface area contributed by atoms with Gasteiger partial charge >= 0.3 is 5.97 Å². The summed E-state index contributed by atoms with van der Waals surface area (Å²) >= 11 is 3.21. The summed E-state index contributed by atoms with van der Waals surface area (Å²) in [7, 11) is 0. The number of pyridine rings is 1. The Kier molecular flexibility index (Phi) is 1.81. The van der Waals surface area contributed by atoms with Crippen LogP contribution in [-0.2, 0) is 0 Å². The lowest BCUT2D eigenvalue weighted by molar-refractivity contribution is 0.0665. The van der Waals surface area contributed by atoms with Gasteiger partial charge in [0.05, 0.1) is 4.47 Å².